The number of aromatic nitrogens is 2. The highest BCUT2D eigenvalue weighted by atomic mass is 19.1. The van der Waals surface area contributed by atoms with Crippen molar-refractivity contribution in [2.24, 2.45) is 0 Å². The van der Waals surface area contributed by atoms with Crippen LogP contribution in [0.5, 0.6) is 0 Å². The quantitative estimate of drug-likeness (QED) is 0.622. The fourth-order valence-electron chi connectivity index (χ4n) is 2.11. The molecule has 0 amide bonds. The van der Waals surface area contributed by atoms with Gasteiger partial charge in [-0.2, -0.15) is 4.98 Å². The second kappa shape index (κ2) is 5.18. The van der Waals surface area contributed by atoms with Crippen LogP contribution in [-0.2, 0) is 4.74 Å². The Morgan fingerprint density at radius 2 is 2.45 bits per heavy atom. The Kier molecular flexibility index (Phi) is 3.74. The van der Waals surface area contributed by atoms with Gasteiger partial charge in [-0.1, -0.05) is 6.58 Å². The first-order valence-electron chi connectivity index (χ1n) is 5.79. The standard InChI is InChI=1S/C12H14FN3O4/c1-2-4-12(13)9(18)7(6-17)20-10(12)16-5-3-8(14)15-11(16)19/h3-5,7,9-10,17-18H,1,6H2,(H2,14,15,19)/t7-,9+,10-,12?/m1/s1. The van der Waals surface area contributed by atoms with Gasteiger partial charge in [0.15, 0.2) is 6.23 Å². The van der Waals surface area contributed by atoms with Crippen LogP contribution in [-0.4, -0.2) is 44.2 Å². The van der Waals surface area contributed by atoms with E-state index in [2.05, 4.69) is 17.3 Å². The minimum atomic E-state index is -2.46. The van der Waals surface area contributed by atoms with Crippen LogP contribution in [0.2, 0.25) is 0 Å². The summed E-state index contributed by atoms with van der Waals surface area (Å²) >= 11 is 0. The molecule has 20 heavy (non-hydrogen) atoms. The van der Waals surface area contributed by atoms with Crippen LogP contribution in [0.3, 0.4) is 0 Å². The Morgan fingerprint density at radius 1 is 1.75 bits per heavy atom. The number of nitrogens with two attached hydrogens (primary N) is 1. The molecule has 0 spiro atoms. The summed E-state index contributed by atoms with van der Waals surface area (Å²) in [6, 6.07) is 1.29. The largest absolute Gasteiger partial charge is 0.394 e. The molecule has 0 aromatic carbocycles. The zero-order chi connectivity index (χ0) is 14.9. The van der Waals surface area contributed by atoms with Crippen molar-refractivity contribution < 1.29 is 19.3 Å². The second-order valence-corrected chi connectivity index (χ2v) is 4.37. The van der Waals surface area contributed by atoms with Gasteiger partial charge in [0.1, 0.15) is 18.0 Å². The molecule has 1 aliphatic heterocycles. The predicted molar refractivity (Wildman–Crippen MR) is 67.5 cm³/mol. The lowest BCUT2D eigenvalue weighted by Gasteiger charge is -2.25. The first-order chi connectivity index (χ1) is 9.43. The monoisotopic (exact) mass is 283 g/mol. The lowest BCUT2D eigenvalue weighted by molar-refractivity contribution is -0.0554. The maximum Gasteiger partial charge on any atom is 0.351 e. The Balaban J connectivity index is 2.53. The summed E-state index contributed by atoms with van der Waals surface area (Å²) in [5.74, 6) is -0.0211. The first kappa shape index (κ1) is 14.4. The molecule has 1 aromatic rings. The van der Waals surface area contributed by atoms with E-state index in [-0.39, 0.29) is 5.82 Å². The van der Waals surface area contributed by atoms with Gasteiger partial charge in [0.05, 0.1) is 6.61 Å². The van der Waals surface area contributed by atoms with Crippen LogP contribution in [0.15, 0.2) is 35.4 Å². The summed E-state index contributed by atoms with van der Waals surface area (Å²) in [6.45, 7) is 2.64. The number of rotatable bonds is 3. The Hall–Kier alpha value is -1.99. The van der Waals surface area contributed by atoms with Gasteiger partial charge in [-0.15, -0.1) is 5.73 Å². The lowest BCUT2D eigenvalue weighted by atomic mass is 9.96. The number of nitrogens with zero attached hydrogens (tertiary/aromatic N) is 2. The minimum absolute atomic E-state index is 0.0211. The number of hydrogen-bond acceptors (Lipinski definition) is 6. The summed E-state index contributed by atoms with van der Waals surface area (Å²) in [6.07, 6.45) is -2.28. The fraction of sp³-hybridized carbons (Fsp3) is 0.417. The zero-order valence-corrected chi connectivity index (χ0v) is 10.4. The average Bonchev–Trinajstić information content (AvgIpc) is 2.63. The number of aliphatic hydroxyl groups is 2. The van der Waals surface area contributed by atoms with Crippen molar-refractivity contribution in [2.75, 3.05) is 12.3 Å². The maximum absolute atomic E-state index is 14.9. The van der Waals surface area contributed by atoms with Crippen LogP contribution >= 0.6 is 0 Å². The third kappa shape index (κ3) is 2.14. The Labute approximate surface area is 113 Å². The normalized spacial score (nSPS) is 32.9. The molecule has 1 unspecified atom stereocenters. The highest BCUT2D eigenvalue weighted by Gasteiger charge is 2.57. The van der Waals surface area contributed by atoms with E-state index in [0.717, 1.165) is 10.6 Å². The molecule has 1 fully saturated rings. The molecule has 1 aliphatic rings. The van der Waals surface area contributed by atoms with Crippen LogP contribution in [0, 0.1) is 0 Å². The topological polar surface area (TPSA) is 111 Å². The summed E-state index contributed by atoms with van der Waals surface area (Å²) < 4.78 is 21.0. The third-order valence-electron chi connectivity index (χ3n) is 3.10. The van der Waals surface area contributed by atoms with E-state index in [9.17, 15) is 14.3 Å². The van der Waals surface area contributed by atoms with Gasteiger partial charge in [0, 0.05) is 12.3 Å². The Morgan fingerprint density at radius 3 is 3.00 bits per heavy atom. The van der Waals surface area contributed by atoms with Crippen molar-refractivity contribution >= 4 is 5.82 Å². The van der Waals surface area contributed by atoms with Gasteiger partial charge in [-0.25, -0.2) is 9.18 Å². The highest BCUT2D eigenvalue weighted by molar-refractivity contribution is 5.24. The summed E-state index contributed by atoms with van der Waals surface area (Å²) in [7, 11) is 0. The summed E-state index contributed by atoms with van der Waals surface area (Å²) in [4.78, 5) is 15.2. The molecule has 1 saturated heterocycles. The van der Waals surface area contributed by atoms with Gasteiger partial charge in [0.2, 0.25) is 5.67 Å². The molecule has 1 aromatic heterocycles. The molecule has 0 bridgehead atoms. The molecule has 7 nitrogen and oxygen atoms in total. The van der Waals surface area contributed by atoms with E-state index in [0.29, 0.717) is 0 Å². The van der Waals surface area contributed by atoms with E-state index in [1.165, 1.54) is 12.3 Å². The van der Waals surface area contributed by atoms with E-state index in [1.807, 2.05) is 0 Å². The molecular weight excluding hydrogens is 269 g/mol. The molecule has 0 aliphatic carbocycles. The number of anilines is 1. The van der Waals surface area contributed by atoms with Crippen molar-refractivity contribution in [3.05, 3.63) is 41.1 Å². The van der Waals surface area contributed by atoms with Crippen molar-refractivity contribution in [1.29, 1.82) is 0 Å². The van der Waals surface area contributed by atoms with Crippen molar-refractivity contribution in [1.82, 2.24) is 9.55 Å². The molecule has 108 valence electrons. The maximum atomic E-state index is 14.9. The summed E-state index contributed by atoms with van der Waals surface area (Å²) in [5.41, 5.74) is 4.28. The van der Waals surface area contributed by atoms with E-state index in [4.69, 9.17) is 15.6 Å². The second-order valence-electron chi connectivity index (χ2n) is 4.37. The number of halogens is 1. The van der Waals surface area contributed by atoms with E-state index in [1.54, 1.807) is 0 Å². The number of alkyl halides is 1. The van der Waals surface area contributed by atoms with E-state index < -0.39 is 36.4 Å². The van der Waals surface area contributed by atoms with E-state index >= 15 is 0 Å². The molecule has 4 N–H and O–H groups in total. The molecule has 0 saturated carbocycles. The Bertz CT molecular complexity index is 613. The van der Waals surface area contributed by atoms with Crippen molar-refractivity contribution in [3.63, 3.8) is 0 Å². The van der Waals surface area contributed by atoms with Crippen LogP contribution in [0.4, 0.5) is 10.2 Å². The first-order valence-corrected chi connectivity index (χ1v) is 5.79. The predicted octanol–water partition coefficient (Wildman–Crippen LogP) is -0.875. The highest BCUT2D eigenvalue weighted by Crippen LogP contribution is 2.41. The molecule has 8 heteroatoms. The SMILES string of the molecule is C=C=CC1(F)[C@@H](O)[C@@H](CO)O[C@H]1n1ccc(N)nc1=O. The minimum Gasteiger partial charge on any atom is -0.394 e. The van der Waals surface area contributed by atoms with Gasteiger partial charge >= 0.3 is 5.69 Å². The molecule has 4 atom stereocenters. The van der Waals surface area contributed by atoms with Gasteiger partial charge < -0.3 is 20.7 Å². The van der Waals surface area contributed by atoms with Gasteiger partial charge in [-0.05, 0) is 6.07 Å². The molecule has 2 rings (SSSR count). The van der Waals surface area contributed by atoms with Crippen LogP contribution < -0.4 is 11.4 Å². The van der Waals surface area contributed by atoms with Crippen LogP contribution in [0.1, 0.15) is 6.23 Å². The number of aliphatic hydroxyl groups excluding tert-OH is 2. The van der Waals surface area contributed by atoms with Crippen molar-refractivity contribution in [3.8, 4) is 0 Å². The molecular formula is C12H14FN3O4. The van der Waals surface area contributed by atoms with Gasteiger partial charge in [0.25, 0.3) is 0 Å². The molecule has 0 radical (unpaired) electrons. The number of hydrogen-bond donors (Lipinski definition) is 3. The number of nitrogen functional groups attached to an aromatic ring is 1. The third-order valence-corrected chi connectivity index (χ3v) is 3.10. The zero-order valence-electron chi connectivity index (χ0n) is 10.4. The van der Waals surface area contributed by atoms with Gasteiger partial charge in [-0.3, -0.25) is 4.57 Å². The summed E-state index contributed by atoms with van der Waals surface area (Å²) in [5, 5.41) is 19.0. The number of ether oxygens (including phenoxy) is 1. The average molecular weight is 283 g/mol. The fourth-order valence-corrected chi connectivity index (χ4v) is 2.11. The molecule has 2 heterocycles. The van der Waals surface area contributed by atoms with Crippen LogP contribution in [0.25, 0.3) is 0 Å². The lowest BCUT2D eigenvalue weighted by Crippen LogP contribution is -2.43. The van der Waals surface area contributed by atoms with Crippen molar-refractivity contribution in [2.45, 2.75) is 24.1 Å². The smallest absolute Gasteiger partial charge is 0.351 e.